The number of thioether (sulfide) groups is 2. The summed E-state index contributed by atoms with van der Waals surface area (Å²) in [6.45, 7) is 6.75. The summed E-state index contributed by atoms with van der Waals surface area (Å²) in [6, 6.07) is 6.89. The molecule has 0 radical (unpaired) electrons. The number of carbonyl (C=O) groups excluding carboxylic acids is 2. The topological polar surface area (TPSA) is 84.0 Å². The van der Waals surface area contributed by atoms with Crippen molar-refractivity contribution in [3.8, 4) is 0 Å². The zero-order valence-corrected chi connectivity index (χ0v) is 17.4. The van der Waals surface area contributed by atoms with E-state index in [1.807, 2.05) is 6.92 Å². The first-order valence-corrected chi connectivity index (χ1v) is 11.0. The molecule has 9 heteroatoms. The van der Waals surface area contributed by atoms with E-state index in [0.29, 0.717) is 23.7 Å². The molecule has 1 aromatic carbocycles. The third-order valence-corrected chi connectivity index (χ3v) is 6.62. The van der Waals surface area contributed by atoms with Crippen molar-refractivity contribution in [3.05, 3.63) is 29.8 Å². The Morgan fingerprint density at radius 3 is 2.62 bits per heavy atom. The Morgan fingerprint density at radius 1 is 1.19 bits per heavy atom. The average Bonchev–Trinajstić information content (AvgIpc) is 3.06. The quantitative estimate of drug-likeness (QED) is 0.612. The van der Waals surface area contributed by atoms with Crippen LogP contribution in [0.4, 0.5) is 5.69 Å². The van der Waals surface area contributed by atoms with Gasteiger partial charge in [-0.15, -0.1) is 10.2 Å². The predicted octanol–water partition coefficient (Wildman–Crippen LogP) is 3.77. The van der Waals surface area contributed by atoms with Crippen molar-refractivity contribution < 1.29 is 9.59 Å². The number of carbonyl (C=O) groups is 2. The molecule has 2 aromatic rings. The molecule has 0 fully saturated rings. The van der Waals surface area contributed by atoms with E-state index in [1.54, 1.807) is 36.0 Å². The van der Waals surface area contributed by atoms with Crippen LogP contribution < -0.4 is 10.6 Å². The Hall–Kier alpha value is -1.58. The van der Waals surface area contributed by atoms with Gasteiger partial charge in [0.2, 0.25) is 5.91 Å². The van der Waals surface area contributed by atoms with Gasteiger partial charge in [-0.25, -0.2) is 0 Å². The molecule has 0 unspecified atom stereocenters. The lowest BCUT2D eigenvalue weighted by Crippen LogP contribution is -2.23. The lowest BCUT2D eigenvalue weighted by atomic mass is 10.2. The molecule has 2 rings (SSSR count). The summed E-state index contributed by atoms with van der Waals surface area (Å²) < 4.78 is 1.71. The Balaban J connectivity index is 1.83. The molecule has 140 valence electrons. The maximum atomic E-state index is 12.1. The SMILES string of the molecule is CCNC(=O)c1cccc(NC(=O)CSc2nnc(SCC(C)C)s2)c1. The van der Waals surface area contributed by atoms with Crippen LogP contribution in [0.15, 0.2) is 32.9 Å². The zero-order valence-electron chi connectivity index (χ0n) is 14.9. The second-order valence-corrected chi connectivity index (χ2v) is 9.28. The lowest BCUT2D eigenvalue weighted by Gasteiger charge is -2.07. The third kappa shape index (κ3) is 6.97. The van der Waals surface area contributed by atoms with Gasteiger partial charge in [0.15, 0.2) is 8.68 Å². The number of amides is 2. The minimum Gasteiger partial charge on any atom is -0.352 e. The molecule has 0 aliphatic carbocycles. The van der Waals surface area contributed by atoms with Gasteiger partial charge in [-0.2, -0.15) is 0 Å². The Labute approximate surface area is 165 Å². The molecule has 0 atom stereocenters. The van der Waals surface area contributed by atoms with Gasteiger partial charge in [0.05, 0.1) is 5.75 Å². The van der Waals surface area contributed by atoms with E-state index in [0.717, 1.165) is 14.4 Å². The molecule has 2 N–H and O–H groups in total. The fourth-order valence-electron chi connectivity index (χ4n) is 1.88. The molecule has 1 aromatic heterocycles. The highest BCUT2D eigenvalue weighted by molar-refractivity contribution is 8.03. The first-order chi connectivity index (χ1) is 12.5. The summed E-state index contributed by atoms with van der Waals surface area (Å²) >= 11 is 4.56. The Kier molecular flexibility index (Phi) is 8.40. The van der Waals surface area contributed by atoms with Gasteiger partial charge in [0.25, 0.3) is 5.91 Å². The second-order valence-electron chi connectivity index (χ2n) is 5.82. The first-order valence-electron chi connectivity index (χ1n) is 8.25. The summed E-state index contributed by atoms with van der Waals surface area (Å²) in [5.74, 6) is 1.55. The number of nitrogens with one attached hydrogen (secondary N) is 2. The van der Waals surface area contributed by atoms with E-state index < -0.39 is 0 Å². The number of rotatable bonds is 9. The maximum absolute atomic E-state index is 12.1. The monoisotopic (exact) mass is 410 g/mol. The number of hydrogen-bond acceptors (Lipinski definition) is 7. The van der Waals surface area contributed by atoms with E-state index in [2.05, 4.69) is 34.7 Å². The molecule has 0 spiro atoms. The molecule has 1 heterocycles. The second kappa shape index (κ2) is 10.5. The van der Waals surface area contributed by atoms with Crippen LogP contribution in [0.3, 0.4) is 0 Å². The van der Waals surface area contributed by atoms with Gasteiger partial charge >= 0.3 is 0 Å². The molecule has 26 heavy (non-hydrogen) atoms. The van der Waals surface area contributed by atoms with Gasteiger partial charge in [-0.3, -0.25) is 9.59 Å². The minimum absolute atomic E-state index is 0.144. The van der Waals surface area contributed by atoms with E-state index in [4.69, 9.17) is 0 Å². The van der Waals surface area contributed by atoms with Crippen LogP contribution in [0, 0.1) is 5.92 Å². The smallest absolute Gasteiger partial charge is 0.251 e. The van der Waals surface area contributed by atoms with Gasteiger partial charge in [-0.05, 0) is 31.0 Å². The van der Waals surface area contributed by atoms with Crippen LogP contribution in [0.25, 0.3) is 0 Å². The Bertz CT molecular complexity index is 749. The van der Waals surface area contributed by atoms with Crippen molar-refractivity contribution in [3.63, 3.8) is 0 Å². The van der Waals surface area contributed by atoms with Crippen LogP contribution in [0.1, 0.15) is 31.1 Å². The summed E-state index contributed by atoms with van der Waals surface area (Å²) in [6.07, 6.45) is 0. The highest BCUT2D eigenvalue weighted by Crippen LogP contribution is 2.29. The third-order valence-electron chi connectivity index (χ3n) is 3.00. The molecule has 0 saturated heterocycles. The summed E-state index contributed by atoms with van der Waals surface area (Å²) in [4.78, 5) is 24.0. The van der Waals surface area contributed by atoms with Crippen molar-refractivity contribution in [1.82, 2.24) is 15.5 Å². The highest BCUT2D eigenvalue weighted by atomic mass is 32.2. The number of anilines is 1. The average molecular weight is 411 g/mol. The predicted molar refractivity (Wildman–Crippen MR) is 109 cm³/mol. The van der Waals surface area contributed by atoms with Gasteiger partial charge < -0.3 is 10.6 Å². The van der Waals surface area contributed by atoms with Crippen LogP contribution in [-0.2, 0) is 4.79 Å². The van der Waals surface area contributed by atoms with Crippen molar-refractivity contribution in [2.45, 2.75) is 29.5 Å². The van der Waals surface area contributed by atoms with Gasteiger partial charge in [-0.1, -0.05) is 54.8 Å². The van der Waals surface area contributed by atoms with E-state index in [-0.39, 0.29) is 17.6 Å². The van der Waals surface area contributed by atoms with Gasteiger partial charge in [0.1, 0.15) is 0 Å². The van der Waals surface area contributed by atoms with Crippen LogP contribution in [0.2, 0.25) is 0 Å². The van der Waals surface area contributed by atoms with Crippen molar-refractivity contribution in [2.24, 2.45) is 5.92 Å². The molecule has 2 amide bonds. The number of benzene rings is 1. The summed E-state index contributed by atoms with van der Waals surface area (Å²) in [7, 11) is 0. The highest BCUT2D eigenvalue weighted by Gasteiger charge is 2.11. The first kappa shape index (κ1) is 20.7. The van der Waals surface area contributed by atoms with Crippen LogP contribution in [-0.4, -0.2) is 40.1 Å². The molecular weight excluding hydrogens is 388 g/mol. The van der Waals surface area contributed by atoms with Gasteiger partial charge in [0, 0.05) is 23.5 Å². The minimum atomic E-state index is -0.154. The Morgan fingerprint density at radius 2 is 1.92 bits per heavy atom. The molecule has 6 nitrogen and oxygen atoms in total. The fraction of sp³-hybridized carbons (Fsp3) is 0.412. The van der Waals surface area contributed by atoms with E-state index >= 15 is 0 Å². The molecule has 0 saturated carbocycles. The van der Waals surface area contributed by atoms with E-state index in [1.165, 1.54) is 23.1 Å². The maximum Gasteiger partial charge on any atom is 0.251 e. The summed E-state index contributed by atoms with van der Waals surface area (Å²) in [5.41, 5.74) is 1.12. The molecular formula is C17H22N4O2S3. The number of aromatic nitrogens is 2. The normalized spacial score (nSPS) is 10.8. The van der Waals surface area contributed by atoms with Crippen molar-refractivity contribution >= 4 is 52.4 Å². The summed E-state index contributed by atoms with van der Waals surface area (Å²) in [5, 5.41) is 13.8. The van der Waals surface area contributed by atoms with Crippen LogP contribution >= 0.6 is 34.9 Å². The lowest BCUT2D eigenvalue weighted by molar-refractivity contribution is -0.113. The zero-order chi connectivity index (χ0) is 18.9. The largest absolute Gasteiger partial charge is 0.352 e. The van der Waals surface area contributed by atoms with Crippen LogP contribution in [0.5, 0.6) is 0 Å². The van der Waals surface area contributed by atoms with E-state index in [9.17, 15) is 9.59 Å². The molecule has 0 aliphatic rings. The molecule has 0 bridgehead atoms. The van der Waals surface area contributed by atoms with Crippen molar-refractivity contribution in [2.75, 3.05) is 23.4 Å². The standard InChI is InChI=1S/C17H22N4O2S3/c1-4-18-15(23)12-6-5-7-13(8-12)19-14(22)10-25-17-21-20-16(26-17)24-9-11(2)3/h5-8,11H,4,9-10H2,1-3H3,(H,18,23)(H,19,22). The van der Waals surface area contributed by atoms with Crippen molar-refractivity contribution in [1.29, 1.82) is 0 Å². The fourth-order valence-corrected chi connectivity index (χ4v) is 4.67. The number of nitrogens with zero attached hydrogens (tertiary/aromatic N) is 2. The number of hydrogen-bond donors (Lipinski definition) is 2. The molecule has 0 aliphatic heterocycles.